The lowest BCUT2D eigenvalue weighted by Gasteiger charge is -2.44. The number of benzene rings is 1. The van der Waals surface area contributed by atoms with Crippen molar-refractivity contribution >= 4 is 23.8 Å². The zero-order valence-electron chi connectivity index (χ0n) is 18.3. The molecule has 1 aliphatic heterocycles. The average molecular weight is 442 g/mol. The van der Waals surface area contributed by atoms with Crippen LogP contribution in [0.25, 0.3) is 6.08 Å². The van der Waals surface area contributed by atoms with Crippen molar-refractivity contribution in [2.45, 2.75) is 12.5 Å². The number of halogens is 1. The molecule has 1 atom stereocenters. The van der Waals surface area contributed by atoms with Crippen LogP contribution in [0.4, 0.5) is 10.3 Å². The molecule has 2 aromatic rings. The van der Waals surface area contributed by atoms with Crippen LogP contribution in [-0.4, -0.2) is 82.6 Å². The van der Waals surface area contributed by atoms with E-state index in [1.54, 1.807) is 36.6 Å². The number of anilines is 1. The average Bonchev–Trinajstić information content (AvgIpc) is 2.82. The van der Waals surface area contributed by atoms with Gasteiger partial charge in [0.2, 0.25) is 11.9 Å². The molecule has 0 spiro atoms. The molecule has 2 N–H and O–H groups in total. The van der Waals surface area contributed by atoms with Gasteiger partial charge < -0.3 is 9.80 Å². The molecular formula is C22H27FN6O3. The van der Waals surface area contributed by atoms with E-state index in [1.165, 1.54) is 24.5 Å². The summed E-state index contributed by atoms with van der Waals surface area (Å²) in [6.45, 7) is 4.24. The van der Waals surface area contributed by atoms with Crippen molar-refractivity contribution < 1.29 is 19.2 Å². The van der Waals surface area contributed by atoms with Gasteiger partial charge in [-0.25, -0.2) is 19.8 Å². The molecule has 10 heteroatoms. The van der Waals surface area contributed by atoms with Crippen LogP contribution in [0.5, 0.6) is 0 Å². The minimum atomic E-state index is -0.881. The highest BCUT2D eigenvalue weighted by atomic mass is 19.1. The number of likely N-dealkylation sites (N-methyl/N-ethyl adjacent to an activating group) is 1. The lowest BCUT2D eigenvalue weighted by molar-refractivity contribution is -0.138. The Morgan fingerprint density at radius 2 is 1.72 bits per heavy atom. The molecule has 3 rings (SSSR count). The number of rotatable bonds is 6. The third-order valence-electron chi connectivity index (χ3n) is 5.53. The molecule has 0 bridgehead atoms. The number of amides is 2. The third kappa shape index (κ3) is 5.09. The zero-order valence-corrected chi connectivity index (χ0v) is 18.3. The zero-order chi connectivity index (χ0) is 23.3. The summed E-state index contributed by atoms with van der Waals surface area (Å²) >= 11 is 0. The SMILES string of the molecule is CN(C)C(=O)C(C)(C=Cc1ccc(F)cc1)N1CCN(c2ncc(C(=O)NO)cn2)CC1. The quantitative estimate of drug-likeness (QED) is 0.515. The van der Waals surface area contributed by atoms with Gasteiger partial charge in [0.15, 0.2) is 0 Å². The Morgan fingerprint density at radius 3 is 2.25 bits per heavy atom. The smallest absolute Gasteiger partial charge is 0.277 e. The Morgan fingerprint density at radius 1 is 1.12 bits per heavy atom. The van der Waals surface area contributed by atoms with Gasteiger partial charge in [0.1, 0.15) is 11.4 Å². The number of hydroxylamine groups is 1. The first-order chi connectivity index (χ1) is 15.2. The van der Waals surface area contributed by atoms with E-state index in [9.17, 15) is 14.0 Å². The molecule has 1 aromatic heterocycles. The number of nitrogens with one attached hydrogen (secondary N) is 1. The second-order valence-electron chi connectivity index (χ2n) is 7.92. The molecule has 0 aliphatic carbocycles. The summed E-state index contributed by atoms with van der Waals surface area (Å²) in [5.74, 6) is -0.563. The van der Waals surface area contributed by atoms with Gasteiger partial charge in [-0.15, -0.1) is 0 Å². The van der Waals surface area contributed by atoms with Gasteiger partial charge in [0.05, 0.1) is 5.56 Å². The summed E-state index contributed by atoms with van der Waals surface area (Å²) in [4.78, 5) is 38.6. The predicted molar refractivity (Wildman–Crippen MR) is 118 cm³/mol. The van der Waals surface area contributed by atoms with Gasteiger partial charge in [0, 0.05) is 52.7 Å². The first-order valence-corrected chi connectivity index (χ1v) is 10.2. The predicted octanol–water partition coefficient (Wildman–Crippen LogP) is 1.42. The van der Waals surface area contributed by atoms with Gasteiger partial charge in [-0.1, -0.05) is 24.3 Å². The largest absolute Gasteiger partial charge is 0.347 e. The van der Waals surface area contributed by atoms with E-state index < -0.39 is 11.4 Å². The summed E-state index contributed by atoms with van der Waals surface area (Å²) in [7, 11) is 3.45. The molecule has 2 amide bonds. The number of hydrogen-bond donors (Lipinski definition) is 2. The standard InChI is InChI=1S/C22H27FN6O3/c1-22(20(31)27(2)3,9-8-16-4-6-18(23)7-5-16)29-12-10-28(11-13-29)21-24-14-17(15-25-21)19(30)26-32/h4-9,14-15,32H,10-13H2,1-3H3,(H,26,30). The molecule has 1 unspecified atom stereocenters. The first-order valence-electron chi connectivity index (χ1n) is 10.2. The molecule has 9 nitrogen and oxygen atoms in total. The number of carbonyl (C=O) groups is 2. The second-order valence-corrected chi connectivity index (χ2v) is 7.92. The molecule has 170 valence electrons. The van der Waals surface area contributed by atoms with Crippen molar-refractivity contribution in [2.24, 2.45) is 0 Å². The Bertz CT molecular complexity index is 972. The van der Waals surface area contributed by atoms with Crippen LogP contribution in [0.1, 0.15) is 22.8 Å². The topological polar surface area (TPSA) is 102 Å². The van der Waals surface area contributed by atoms with Crippen LogP contribution >= 0.6 is 0 Å². The highest BCUT2D eigenvalue weighted by Gasteiger charge is 2.39. The summed E-state index contributed by atoms with van der Waals surface area (Å²) in [5.41, 5.74) is 1.63. The van der Waals surface area contributed by atoms with Crippen LogP contribution < -0.4 is 10.4 Å². The van der Waals surface area contributed by atoms with E-state index >= 15 is 0 Å². The Balaban J connectivity index is 1.74. The van der Waals surface area contributed by atoms with E-state index in [4.69, 9.17) is 5.21 Å². The maximum Gasteiger partial charge on any atom is 0.277 e. The van der Waals surface area contributed by atoms with Crippen LogP contribution in [-0.2, 0) is 4.79 Å². The van der Waals surface area contributed by atoms with Gasteiger partial charge >= 0.3 is 0 Å². The van der Waals surface area contributed by atoms with Crippen molar-refractivity contribution in [1.29, 1.82) is 0 Å². The molecule has 0 saturated carbocycles. The van der Waals surface area contributed by atoms with Crippen molar-refractivity contribution in [3.05, 3.63) is 59.7 Å². The minimum Gasteiger partial charge on any atom is -0.347 e. The monoisotopic (exact) mass is 442 g/mol. The van der Waals surface area contributed by atoms with Crippen LogP contribution in [0.3, 0.4) is 0 Å². The van der Waals surface area contributed by atoms with Crippen LogP contribution in [0.15, 0.2) is 42.7 Å². The van der Waals surface area contributed by atoms with E-state index in [0.29, 0.717) is 32.1 Å². The van der Waals surface area contributed by atoms with Gasteiger partial charge in [-0.05, 0) is 24.6 Å². The van der Waals surface area contributed by atoms with E-state index in [1.807, 2.05) is 24.0 Å². The highest BCUT2D eigenvalue weighted by Crippen LogP contribution is 2.24. The fourth-order valence-electron chi connectivity index (χ4n) is 3.63. The summed E-state index contributed by atoms with van der Waals surface area (Å²) in [6.07, 6.45) is 6.40. The van der Waals surface area contributed by atoms with Gasteiger partial charge in [-0.2, -0.15) is 0 Å². The van der Waals surface area contributed by atoms with Crippen molar-refractivity contribution in [2.75, 3.05) is 45.2 Å². The number of carbonyl (C=O) groups excluding carboxylic acids is 2. The first kappa shape index (κ1) is 23.3. The van der Waals surface area contributed by atoms with Crippen LogP contribution in [0, 0.1) is 5.82 Å². The summed E-state index contributed by atoms with van der Waals surface area (Å²) in [6, 6.07) is 6.11. The van der Waals surface area contributed by atoms with E-state index in [0.717, 1.165) is 5.56 Å². The summed E-state index contributed by atoms with van der Waals surface area (Å²) < 4.78 is 13.2. The molecular weight excluding hydrogens is 415 g/mol. The molecule has 2 heterocycles. The summed E-state index contributed by atoms with van der Waals surface area (Å²) in [5, 5.41) is 8.70. The fourth-order valence-corrected chi connectivity index (χ4v) is 3.63. The molecule has 1 aromatic carbocycles. The molecule has 1 fully saturated rings. The van der Waals surface area contributed by atoms with Crippen LogP contribution in [0.2, 0.25) is 0 Å². The lowest BCUT2D eigenvalue weighted by atomic mass is 9.95. The molecule has 0 radical (unpaired) electrons. The number of nitrogens with zero attached hydrogens (tertiary/aromatic N) is 5. The van der Waals surface area contributed by atoms with Crippen molar-refractivity contribution in [3.8, 4) is 0 Å². The Kier molecular flexibility index (Phi) is 7.16. The van der Waals surface area contributed by atoms with E-state index in [2.05, 4.69) is 14.9 Å². The molecule has 32 heavy (non-hydrogen) atoms. The molecule has 1 aliphatic rings. The number of hydrogen-bond acceptors (Lipinski definition) is 7. The third-order valence-corrected chi connectivity index (χ3v) is 5.53. The minimum absolute atomic E-state index is 0.0556. The Labute approximate surface area is 186 Å². The van der Waals surface area contributed by atoms with Crippen molar-refractivity contribution in [3.63, 3.8) is 0 Å². The molecule has 1 saturated heterocycles. The van der Waals surface area contributed by atoms with E-state index in [-0.39, 0.29) is 17.3 Å². The number of aromatic nitrogens is 2. The highest BCUT2D eigenvalue weighted by molar-refractivity contribution is 5.92. The maximum absolute atomic E-state index is 13.2. The fraction of sp³-hybridized carbons (Fsp3) is 0.364. The normalized spacial score (nSPS) is 16.6. The van der Waals surface area contributed by atoms with Gasteiger partial charge in [-0.3, -0.25) is 19.7 Å². The number of piperazine rings is 1. The van der Waals surface area contributed by atoms with Gasteiger partial charge in [0.25, 0.3) is 5.91 Å². The maximum atomic E-state index is 13.2. The lowest BCUT2D eigenvalue weighted by Crippen LogP contribution is -2.61. The van der Waals surface area contributed by atoms with Crippen molar-refractivity contribution in [1.82, 2.24) is 25.2 Å². The Hall–Kier alpha value is -3.37. The second kappa shape index (κ2) is 9.84.